The maximum absolute atomic E-state index is 5.74. The Morgan fingerprint density at radius 1 is 1.43 bits per heavy atom. The fraction of sp³-hybridized carbons (Fsp3) is 0.200. The van der Waals surface area contributed by atoms with E-state index in [1.165, 1.54) is 6.33 Å². The van der Waals surface area contributed by atoms with Crippen molar-refractivity contribution < 1.29 is 0 Å². The largest absolute Gasteiger partial charge is 0.402 e. The molecule has 1 aliphatic carbocycles. The molecular weight excluding hydrogens is 176 g/mol. The van der Waals surface area contributed by atoms with Crippen molar-refractivity contribution in [3.63, 3.8) is 0 Å². The van der Waals surface area contributed by atoms with E-state index in [2.05, 4.69) is 16.2 Å². The number of hydrogen-bond acceptors (Lipinski definition) is 3. The number of nitrogens with zero attached hydrogens (tertiary/aromatic N) is 3. The first-order valence-electron chi connectivity index (χ1n) is 4.46. The summed E-state index contributed by atoms with van der Waals surface area (Å²) in [5.74, 6) is 0. The van der Waals surface area contributed by atoms with E-state index < -0.39 is 0 Å². The van der Waals surface area contributed by atoms with E-state index >= 15 is 0 Å². The highest BCUT2D eigenvalue weighted by Crippen LogP contribution is 2.18. The highest BCUT2D eigenvalue weighted by molar-refractivity contribution is 5.65. The van der Waals surface area contributed by atoms with Crippen molar-refractivity contribution in [2.24, 2.45) is 5.73 Å². The highest BCUT2D eigenvalue weighted by atomic mass is 15.3. The second kappa shape index (κ2) is 3.49. The Bertz CT molecular complexity index is 409. The van der Waals surface area contributed by atoms with Crippen LogP contribution in [0.25, 0.3) is 5.70 Å². The Kier molecular flexibility index (Phi) is 2.18. The first-order valence-corrected chi connectivity index (χ1v) is 4.46. The van der Waals surface area contributed by atoms with Crippen molar-refractivity contribution in [1.82, 2.24) is 14.8 Å². The normalized spacial score (nSPS) is 16.8. The third-order valence-electron chi connectivity index (χ3n) is 2.17. The van der Waals surface area contributed by atoms with E-state index in [1.807, 2.05) is 19.1 Å². The fourth-order valence-corrected chi connectivity index (χ4v) is 1.35. The smallest absolute Gasteiger partial charge is 0.138 e. The number of allylic oxidation sites excluding steroid dienone is 5. The molecule has 72 valence electrons. The number of hydrogen-bond donors (Lipinski definition) is 1. The summed E-state index contributed by atoms with van der Waals surface area (Å²) in [4.78, 5) is 3.91. The van der Waals surface area contributed by atoms with Crippen LogP contribution in [0.2, 0.25) is 0 Å². The van der Waals surface area contributed by atoms with Crippen LogP contribution in [-0.4, -0.2) is 14.8 Å². The summed E-state index contributed by atoms with van der Waals surface area (Å²) in [6.07, 6.45) is 9.95. The summed E-state index contributed by atoms with van der Waals surface area (Å²) in [7, 11) is 0. The Balaban J connectivity index is 2.43. The van der Waals surface area contributed by atoms with Gasteiger partial charge in [-0.25, -0.2) is 9.67 Å². The molecule has 0 fully saturated rings. The van der Waals surface area contributed by atoms with Gasteiger partial charge in [-0.1, -0.05) is 6.08 Å². The van der Waals surface area contributed by atoms with E-state index in [4.69, 9.17) is 5.73 Å². The molecule has 0 aliphatic heterocycles. The lowest BCUT2D eigenvalue weighted by atomic mass is 10.2. The average molecular weight is 188 g/mol. The van der Waals surface area contributed by atoms with E-state index in [1.54, 1.807) is 11.0 Å². The Morgan fingerprint density at radius 3 is 3.00 bits per heavy atom. The van der Waals surface area contributed by atoms with Gasteiger partial charge in [0.15, 0.2) is 0 Å². The van der Waals surface area contributed by atoms with Crippen LogP contribution >= 0.6 is 0 Å². The first kappa shape index (κ1) is 8.74. The third kappa shape index (κ3) is 1.59. The lowest BCUT2D eigenvalue weighted by molar-refractivity contribution is 0.898. The van der Waals surface area contributed by atoms with Gasteiger partial charge >= 0.3 is 0 Å². The standard InChI is InChI=1S/C10H12N4/c1-8-2-3-9(11)4-5-10(8)14-7-12-6-13-14/h2,4-7H,3,11H2,1H3. The quantitative estimate of drug-likeness (QED) is 0.723. The van der Waals surface area contributed by atoms with Gasteiger partial charge in [-0.15, -0.1) is 0 Å². The number of rotatable bonds is 1. The zero-order valence-electron chi connectivity index (χ0n) is 8.01. The molecule has 0 spiro atoms. The Morgan fingerprint density at radius 2 is 2.29 bits per heavy atom. The molecule has 4 heteroatoms. The van der Waals surface area contributed by atoms with Crippen LogP contribution in [0.4, 0.5) is 0 Å². The van der Waals surface area contributed by atoms with Gasteiger partial charge in [0.1, 0.15) is 12.7 Å². The fourth-order valence-electron chi connectivity index (χ4n) is 1.35. The molecule has 0 bridgehead atoms. The molecule has 0 atom stereocenters. The van der Waals surface area contributed by atoms with E-state index in [0.717, 1.165) is 23.4 Å². The molecule has 0 saturated heterocycles. The van der Waals surface area contributed by atoms with Crippen LogP contribution in [0.3, 0.4) is 0 Å². The topological polar surface area (TPSA) is 56.7 Å². The molecule has 0 aromatic carbocycles. The first-order chi connectivity index (χ1) is 6.77. The van der Waals surface area contributed by atoms with Crippen molar-refractivity contribution in [1.29, 1.82) is 0 Å². The van der Waals surface area contributed by atoms with Gasteiger partial charge < -0.3 is 5.73 Å². The summed E-state index contributed by atoms with van der Waals surface area (Å²) < 4.78 is 1.74. The minimum absolute atomic E-state index is 0.792. The van der Waals surface area contributed by atoms with Crippen molar-refractivity contribution in [2.45, 2.75) is 13.3 Å². The van der Waals surface area contributed by atoms with Crippen molar-refractivity contribution in [3.8, 4) is 0 Å². The van der Waals surface area contributed by atoms with Gasteiger partial charge in [-0.3, -0.25) is 0 Å². The van der Waals surface area contributed by atoms with Crippen LogP contribution < -0.4 is 5.73 Å². The van der Waals surface area contributed by atoms with Crippen LogP contribution in [-0.2, 0) is 0 Å². The minimum Gasteiger partial charge on any atom is -0.402 e. The molecule has 1 aromatic rings. The van der Waals surface area contributed by atoms with Gasteiger partial charge in [-0.05, 0) is 24.6 Å². The van der Waals surface area contributed by atoms with E-state index in [-0.39, 0.29) is 0 Å². The molecule has 2 N–H and O–H groups in total. The van der Waals surface area contributed by atoms with Crippen LogP contribution in [0.5, 0.6) is 0 Å². The molecule has 0 saturated carbocycles. The molecule has 1 heterocycles. The molecule has 14 heavy (non-hydrogen) atoms. The molecule has 0 amide bonds. The summed E-state index contributed by atoms with van der Waals surface area (Å²) in [6.45, 7) is 2.04. The molecule has 1 aromatic heterocycles. The van der Waals surface area contributed by atoms with Gasteiger partial charge in [0.25, 0.3) is 0 Å². The molecule has 0 radical (unpaired) electrons. The monoisotopic (exact) mass is 188 g/mol. The van der Waals surface area contributed by atoms with Crippen molar-refractivity contribution >= 4 is 5.70 Å². The zero-order chi connectivity index (χ0) is 9.97. The maximum Gasteiger partial charge on any atom is 0.138 e. The molecule has 0 unspecified atom stereocenters. The Labute approximate surface area is 82.4 Å². The number of nitrogens with two attached hydrogens (primary N) is 1. The van der Waals surface area contributed by atoms with Gasteiger partial charge in [-0.2, -0.15) is 5.10 Å². The van der Waals surface area contributed by atoms with Crippen molar-refractivity contribution in [3.05, 3.63) is 42.2 Å². The molecule has 2 rings (SSSR count). The zero-order valence-corrected chi connectivity index (χ0v) is 8.01. The SMILES string of the molecule is CC1=CCC(N)=CC=C1n1cncn1. The lowest BCUT2D eigenvalue weighted by Gasteiger charge is -2.04. The van der Waals surface area contributed by atoms with E-state index in [0.29, 0.717) is 0 Å². The van der Waals surface area contributed by atoms with Crippen LogP contribution in [0.15, 0.2) is 42.2 Å². The molecule has 1 aliphatic rings. The number of aromatic nitrogens is 3. The minimum atomic E-state index is 0.792. The summed E-state index contributed by atoms with van der Waals surface area (Å²) in [6, 6.07) is 0. The predicted octanol–water partition coefficient (Wildman–Crippen LogP) is 1.31. The molecule has 4 nitrogen and oxygen atoms in total. The van der Waals surface area contributed by atoms with Gasteiger partial charge in [0.05, 0.1) is 5.70 Å². The maximum atomic E-state index is 5.74. The third-order valence-corrected chi connectivity index (χ3v) is 2.17. The van der Waals surface area contributed by atoms with Gasteiger partial charge in [0.2, 0.25) is 0 Å². The summed E-state index contributed by atoms with van der Waals surface area (Å²) >= 11 is 0. The Hall–Kier alpha value is -1.84. The average Bonchev–Trinajstić information content (AvgIpc) is 2.63. The summed E-state index contributed by atoms with van der Waals surface area (Å²) in [5.41, 5.74) is 8.78. The van der Waals surface area contributed by atoms with Crippen LogP contribution in [0.1, 0.15) is 13.3 Å². The molecular formula is C10H12N4. The van der Waals surface area contributed by atoms with Crippen molar-refractivity contribution in [2.75, 3.05) is 0 Å². The van der Waals surface area contributed by atoms with Gasteiger partial charge in [0, 0.05) is 12.1 Å². The van der Waals surface area contributed by atoms with E-state index in [9.17, 15) is 0 Å². The second-order valence-corrected chi connectivity index (χ2v) is 3.22. The van der Waals surface area contributed by atoms with Crippen LogP contribution in [0, 0.1) is 0 Å². The predicted molar refractivity (Wildman–Crippen MR) is 54.9 cm³/mol. The summed E-state index contributed by atoms with van der Waals surface area (Å²) in [5, 5.41) is 4.08. The highest BCUT2D eigenvalue weighted by Gasteiger charge is 2.05. The second-order valence-electron chi connectivity index (χ2n) is 3.22. The lowest BCUT2D eigenvalue weighted by Crippen LogP contribution is -1.98.